The summed E-state index contributed by atoms with van der Waals surface area (Å²) in [6.07, 6.45) is 3.46. The predicted octanol–water partition coefficient (Wildman–Crippen LogP) is 2.80. The van der Waals surface area contributed by atoms with Crippen LogP contribution in [-0.4, -0.2) is 41.6 Å². The molecule has 0 saturated carbocycles. The number of piperidine rings is 1. The second kappa shape index (κ2) is 7.82. The Bertz CT molecular complexity index is 512. The van der Waals surface area contributed by atoms with Crippen molar-refractivity contribution in [2.75, 3.05) is 19.7 Å². The van der Waals surface area contributed by atoms with Crippen molar-refractivity contribution in [3.05, 3.63) is 29.8 Å². The van der Waals surface area contributed by atoms with Crippen LogP contribution in [0.25, 0.3) is 0 Å². The summed E-state index contributed by atoms with van der Waals surface area (Å²) in [7, 11) is 0. The summed E-state index contributed by atoms with van der Waals surface area (Å²) < 4.78 is 5.57. The topological polar surface area (TPSA) is 66.8 Å². The molecule has 2 rings (SSSR count). The average Bonchev–Trinajstić information content (AvgIpc) is 2.55. The molecule has 0 bridgehead atoms. The molecule has 5 nitrogen and oxygen atoms in total. The van der Waals surface area contributed by atoms with E-state index in [2.05, 4.69) is 6.92 Å². The quantitative estimate of drug-likeness (QED) is 0.821. The van der Waals surface area contributed by atoms with Crippen LogP contribution in [0.4, 0.5) is 0 Å². The van der Waals surface area contributed by atoms with Gasteiger partial charge in [-0.05, 0) is 43.5 Å². The van der Waals surface area contributed by atoms with Crippen LogP contribution in [0.15, 0.2) is 24.3 Å². The molecule has 1 amide bonds. The Morgan fingerprint density at radius 2 is 2.05 bits per heavy atom. The summed E-state index contributed by atoms with van der Waals surface area (Å²) in [5, 5.41) is 9.09. The van der Waals surface area contributed by atoms with Gasteiger partial charge in [0.1, 0.15) is 5.75 Å². The highest BCUT2D eigenvalue weighted by Crippen LogP contribution is 2.20. The molecule has 1 aromatic rings. The van der Waals surface area contributed by atoms with E-state index >= 15 is 0 Å². The Morgan fingerprint density at radius 3 is 2.68 bits per heavy atom. The summed E-state index contributed by atoms with van der Waals surface area (Å²) in [6, 6.07) is 7.07. The van der Waals surface area contributed by atoms with E-state index in [4.69, 9.17) is 9.84 Å². The maximum atomic E-state index is 12.4. The smallest absolute Gasteiger partial charge is 0.308 e. The van der Waals surface area contributed by atoms with Crippen molar-refractivity contribution in [2.45, 2.75) is 32.6 Å². The minimum absolute atomic E-state index is 0.106. The molecule has 5 heteroatoms. The van der Waals surface area contributed by atoms with E-state index in [-0.39, 0.29) is 5.91 Å². The molecule has 0 spiro atoms. The van der Waals surface area contributed by atoms with Gasteiger partial charge in [0.25, 0.3) is 5.91 Å². The number of carbonyl (C=O) groups excluding carboxylic acids is 1. The van der Waals surface area contributed by atoms with Gasteiger partial charge in [-0.15, -0.1) is 0 Å². The van der Waals surface area contributed by atoms with E-state index in [1.54, 1.807) is 29.2 Å². The van der Waals surface area contributed by atoms with Crippen LogP contribution in [0, 0.1) is 5.92 Å². The van der Waals surface area contributed by atoms with Gasteiger partial charge in [-0.2, -0.15) is 0 Å². The molecule has 120 valence electrons. The highest BCUT2D eigenvalue weighted by Gasteiger charge is 2.28. The lowest BCUT2D eigenvalue weighted by atomic mass is 9.97. The van der Waals surface area contributed by atoms with Crippen LogP contribution in [0.1, 0.15) is 43.0 Å². The third kappa shape index (κ3) is 4.23. The predicted molar refractivity (Wildman–Crippen MR) is 83.1 cm³/mol. The summed E-state index contributed by atoms with van der Waals surface area (Å²) >= 11 is 0. The largest absolute Gasteiger partial charge is 0.494 e. The van der Waals surface area contributed by atoms with Gasteiger partial charge >= 0.3 is 5.97 Å². The number of nitrogens with zero attached hydrogens (tertiary/aromatic N) is 1. The highest BCUT2D eigenvalue weighted by atomic mass is 16.5. The maximum Gasteiger partial charge on any atom is 0.308 e. The van der Waals surface area contributed by atoms with Crippen LogP contribution in [-0.2, 0) is 4.79 Å². The third-order valence-electron chi connectivity index (χ3n) is 3.93. The van der Waals surface area contributed by atoms with Crippen LogP contribution in [0.5, 0.6) is 5.75 Å². The first-order chi connectivity index (χ1) is 10.6. The summed E-state index contributed by atoms with van der Waals surface area (Å²) in [5.74, 6) is -0.621. The zero-order chi connectivity index (χ0) is 15.9. The maximum absolute atomic E-state index is 12.4. The molecular weight excluding hydrogens is 282 g/mol. The van der Waals surface area contributed by atoms with Gasteiger partial charge < -0.3 is 14.7 Å². The number of carboxylic acid groups (broad SMARTS) is 1. The lowest BCUT2D eigenvalue weighted by molar-refractivity contribution is -0.143. The minimum Gasteiger partial charge on any atom is -0.494 e. The Morgan fingerprint density at radius 1 is 1.32 bits per heavy atom. The van der Waals surface area contributed by atoms with E-state index < -0.39 is 11.9 Å². The lowest BCUT2D eigenvalue weighted by Gasteiger charge is -2.30. The number of hydrogen-bond acceptors (Lipinski definition) is 3. The number of amides is 1. The van der Waals surface area contributed by atoms with Gasteiger partial charge in [-0.3, -0.25) is 9.59 Å². The Hall–Kier alpha value is -2.04. The number of carbonyl (C=O) groups is 2. The monoisotopic (exact) mass is 305 g/mol. The molecule has 0 radical (unpaired) electrons. The molecule has 1 aliphatic rings. The van der Waals surface area contributed by atoms with Gasteiger partial charge in [-0.25, -0.2) is 0 Å². The third-order valence-corrected chi connectivity index (χ3v) is 3.93. The molecule has 1 atom stereocenters. The second-order valence-corrected chi connectivity index (χ2v) is 5.65. The van der Waals surface area contributed by atoms with Crippen LogP contribution in [0.2, 0.25) is 0 Å². The number of unbranched alkanes of at least 4 members (excludes halogenated alkanes) is 1. The van der Waals surface area contributed by atoms with E-state index in [0.717, 1.165) is 25.0 Å². The fourth-order valence-corrected chi connectivity index (χ4v) is 2.57. The first-order valence-electron chi connectivity index (χ1n) is 7.86. The zero-order valence-electron chi connectivity index (χ0n) is 13.0. The number of rotatable bonds is 6. The van der Waals surface area contributed by atoms with Crippen LogP contribution < -0.4 is 4.74 Å². The van der Waals surface area contributed by atoms with Gasteiger partial charge in [0.15, 0.2) is 0 Å². The van der Waals surface area contributed by atoms with E-state index in [0.29, 0.717) is 31.7 Å². The van der Waals surface area contributed by atoms with Gasteiger partial charge in [0, 0.05) is 18.7 Å². The molecule has 0 aliphatic carbocycles. The SMILES string of the molecule is CCCCOc1ccc(C(=O)N2CCC[C@@H](C(=O)O)C2)cc1. The van der Waals surface area contributed by atoms with E-state index in [1.807, 2.05) is 0 Å². The summed E-state index contributed by atoms with van der Waals surface area (Å²) in [6.45, 7) is 3.70. The standard InChI is InChI=1S/C17H23NO4/c1-2-3-11-22-15-8-6-13(7-9-15)16(19)18-10-4-5-14(12-18)17(20)21/h6-9,14H,2-5,10-12H2,1H3,(H,20,21)/t14-/m1/s1. The van der Waals surface area contributed by atoms with Gasteiger partial charge in [-0.1, -0.05) is 13.3 Å². The van der Waals surface area contributed by atoms with Crippen LogP contribution in [0.3, 0.4) is 0 Å². The number of hydrogen-bond donors (Lipinski definition) is 1. The lowest BCUT2D eigenvalue weighted by Crippen LogP contribution is -2.42. The van der Waals surface area contributed by atoms with Gasteiger partial charge in [0.05, 0.1) is 12.5 Å². The second-order valence-electron chi connectivity index (χ2n) is 5.65. The van der Waals surface area contributed by atoms with Crippen molar-refractivity contribution >= 4 is 11.9 Å². The first-order valence-corrected chi connectivity index (χ1v) is 7.86. The summed E-state index contributed by atoms with van der Waals surface area (Å²) in [5.41, 5.74) is 0.578. The van der Waals surface area contributed by atoms with Crippen molar-refractivity contribution in [2.24, 2.45) is 5.92 Å². The normalized spacial score (nSPS) is 18.0. The first kappa shape index (κ1) is 16.3. The molecule has 1 N–H and O–H groups in total. The molecular formula is C17H23NO4. The molecule has 1 saturated heterocycles. The Balaban J connectivity index is 1.95. The number of ether oxygens (including phenoxy) is 1. The van der Waals surface area contributed by atoms with Crippen molar-refractivity contribution < 1.29 is 19.4 Å². The average molecular weight is 305 g/mol. The fourth-order valence-electron chi connectivity index (χ4n) is 2.57. The van der Waals surface area contributed by atoms with E-state index in [1.165, 1.54) is 0 Å². The molecule has 0 unspecified atom stereocenters. The fraction of sp³-hybridized carbons (Fsp3) is 0.529. The van der Waals surface area contributed by atoms with Crippen molar-refractivity contribution in [3.8, 4) is 5.75 Å². The van der Waals surface area contributed by atoms with Crippen LogP contribution >= 0.6 is 0 Å². The minimum atomic E-state index is -0.822. The van der Waals surface area contributed by atoms with Crippen molar-refractivity contribution in [1.29, 1.82) is 0 Å². The van der Waals surface area contributed by atoms with Gasteiger partial charge in [0.2, 0.25) is 0 Å². The highest BCUT2D eigenvalue weighted by molar-refractivity contribution is 5.94. The molecule has 1 aromatic carbocycles. The number of carboxylic acids is 1. The molecule has 1 aliphatic heterocycles. The number of aliphatic carboxylic acids is 1. The molecule has 1 fully saturated rings. The Labute approximate surface area is 130 Å². The zero-order valence-corrected chi connectivity index (χ0v) is 13.0. The Kier molecular flexibility index (Phi) is 5.81. The molecule has 1 heterocycles. The summed E-state index contributed by atoms with van der Waals surface area (Å²) in [4.78, 5) is 25.1. The molecule has 0 aromatic heterocycles. The number of likely N-dealkylation sites (tertiary alicyclic amines) is 1. The van der Waals surface area contributed by atoms with Crippen molar-refractivity contribution in [1.82, 2.24) is 4.90 Å². The van der Waals surface area contributed by atoms with E-state index in [9.17, 15) is 9.59 Å². The van der Waals surface area contributed by atoms with Crippen molar-refractivity contribution in [3.63, 3.8) is 0 Å². The number of benzene rings is 1. The molecule has 22 heavy (non-hydrogen) atoms.